The number of hydrogen-bond acceptors (Lipinski definition) is 3. The van der Waals surface area contributed by atoms with Crippen LogP contribution in [0.25, 0.3) is 0 Å². The normalized spacial score (nSPS) is 27.4. The molecule has 1 heterocycles. The molecule has 7 heteroatoms. The second kappa shape index (κ2) is 6.84. The molecule has 1 atom stereocenters. The number of nitrogens with zero attached hydrogens (tertiary/aromatic N) is 1. The van der Waals surface area contributed by atoms with Gasteiger partial charge in [0.2, 0.25) is 11.8 Å². The van der Waals surface area contributed by atoms with E-state index in [0.717, 1.165) is 12.1 Å². The van der Waals surface area contributed by atoms with Crippen molar-refractivity contribution in [2.24, 2.45) is 5.92 Å². The maximum Gasteiger partial charge on any atom is 0.239 e. The van der Waals surface area contributed by atoms with Gasteiger partial charge in [0.1, 0.15) is 5.92 Å². The van der Waals surface area contributed by atoms with Gasteiger partial charge in [0.05, 0.1) is 6.10 Å². The summed E-state index contributed by atoms with van der Waals surface area (Å²) in [7, 11) is 0. The molecule has 0 radical (unpaired) electrons. The van der Waals surface area contributed by atoms with Crippen LogP contribution in [0.4, 0.5) is 14.5 Å². The standard InChI is InChI=1S/C17H20F2N2O3/c18-14-6-3-11(9-15(14)19)21-8-7-13(17(21)24)16(23)20-10-1-4-12(22)5-2-10/h3,6,9-10,12-13,22H,1-2,4-5,7-8H2,(H,20,23). The molecular formula is C17H20F2N2O3. The van der Waals surface area contributed by atoms with Gasteiger partial charge in [-0.25, -0.2) is 8.78 Å². The minimum Gasteiger partial charge on any atom is -0.393 e. The van der Waals surface area contributed by atoms with E-state index in [4.69, 9.17) is 0 Å². The molecule has 3 rings (SSSR count). The Labute approximate surface area is 138 Å². The van der Waals surface area contributed by atoms with Crippen LogP contribution in [-0.4, -0.2) is 35.6 Å². The summed E-state index contributed by atoms with van der Waals surface area (Å²) in [6.07, 6.45) is 2.71. The number of aliphatic hydroxyl groups excluding tert-OH is 1. The maximum absolute atomic E-state index is 13.3. The zero-order chi connectivity index (χ0) is 17.3. The van der Waals surface area contributed by atoms with Crippen molar-refractivity contribution in [1.29, 1.82) is 0 Å². The van der Waals surface area contributed by atoms with Gasteiger partial charge in [-0.05, 0) is 44.2 Å². The van der Waals surface area contributed by atoms with E-state index in [1.54, 1.807) is 0 Å². The van der Waals surface area contributed by atoms with Gasteiger partial charge in [-0.1, -0.05) is 0 Å². The molecule has 1 aliphatic heterocycles. The van der Waals surface area contributed by atoms with Gasteiger partial charge < -0.3 is 15.3 Å². The number of carbonyl (C=O) groups is 2. The molecule has 1 aliphatic carbocycles. The van der Waals surface area contributed by atoms with Gasteiger partial charge in [0.15, 0.2) is 11.6 Å². The zero-order valence-electron chi connectivity index (χ0n) is 13.2. The van der Waals surface area contributed by atoms with Crippen LogP contribution in [0.15, 0.2) is 18.2 Å². The third-order valence-corrected chi connectivity index (χ3v) is 4.78. The Bertz CT molecular complexity index is 645. The van der Waals surface area contributed by atoms with Crippen molar-refractivity contribution in [1.82, 2.24) is 5.32 Å². The average molecular weight is 338 g/mol. The zero-order valence-corrected chi connectivity index (χ0v) is 13.2. The molecule has 1 unspecified atom stereocenters. The number of carbonyl (C=O) groups excluding carboxylic acids is 2. The molecule has 2 fully saturated rings. The van der Waals surface area contributed by atoms with E-state index in [0.29, 0.717) is 38.6 Å². The van der Waals surface area contributed by atoms with Crippen molar-refractivity contribution >= 4 is 17.5 Å². The first-order chi connectivity index (χ1) is 11.5. The Morgan fingerprint density at radius 1 is 1.12 bits per heavy atom. The highest BCUT2D eigenvalue weighted by atomic mass is 19.2. The van der Waals surface area contributed by atoms with Crippen LogP contribution >= 0.6 is 0 Å². The molecule has 2 N–H and O–H groups in total. The van der Waals surface area contributed by atoms with E-state index >= 15 is 0 Å². The molecule has 1 saturated heterocycles. The number of anilines is 1. The number of rotatable bonds is 3. The average Bonchev–Trinajstić information content (AvgIpc) is 2.94. The van der Waals surface area contributed by atoms with E-state index < -0.39 is 23.5 Å². The molecule has 2 aliphatic rings. The number of benzene rings is 1. The fourth-order valence-electron chi connectivity index (χ4n) is 3.35. The number of aliphatic hydroxyl groups is 1. The van der Waals surface area contributed by atoms with Gasteiger partial charge in [-0.3, -0.25) is 9.59 Å². The van der Waals surface area contributed by atoms with Crippen LogP contribution in [0.5, 0.6) is 0 Å². The summed E-state index contributed by atoms with van der Waals surface area (Å²) in [6.45, 7) is 0.297. The first-order valence-corrected chi connectivity index (χ1v) is 8.20. The fraction of sp³-hybridized carbons (Fsp3) is 0.529. The van der Waals surface area contributed by atoms with Crippen LogP contribution in [0.1, 0.15) is 32.1 Å². The topological polar surface area (TPSA) is 69.6 Å². The highest BCUT2D eigenvalue weighted by molar-refractivity contribution is 6.09. The van der Waals surface area contributed by atoms with Crippen molar-refractivity contribution < 1.29 is 23.5 Å². The number of amides is 2. The second-order valence-corrected chi connectivity index (χ2v) is 6.44. The van der Waals surface area contributed by atoms with Crippen molar-refractivity contribution in [2.45, 2.75) is 44.2 Å². The van der Waals surface area contributed by atoms with Crippen molar-refractivity contribution in [3.05, 3.63) is 29.8 Å². The Morgan fingerprint density at radius 3 is 2.50 bits per heavy atom. The van der Waals surface area contributed by atoms with Gasteiger partial charge in [-0.2, -0.15) is 0 Å². The van der Waals surface area contributed by atoms with Gasteiger partial charge >= 0.3 is 0 Å². The third kappa shape index (κ3) is 3.40. The Balaban J connectivity index is 1.63. The highest BCUT2D eigenvalue weighted by Gasteiger charge is 2.38. The summed E-state index contributed by atoms with van der Waals surface area (Å²) >= 11 is 0. The largest absolute Gasteiger partial charge is 0.393 e. The molecule has 0 spiro atoms. The predicted octanol–water partition coefficient (Wildman–Crippen LogP) is 1.74. The molecule has 24 heavy (non-hydrogen) atoms. The summed E-state index contributed by atoms with van der Waals surface area (Å²) in [5, 5.41) is 12.4. The molecule has 5 nitrogen and oxygen atoms in total. The summed E-state index contributed by atoms with van der Waals surface area (Å²) in [5.74, 6) is -3.51. The van der Waals surface area contributed by atoms with E-state index in [9.17, 15) is 23.5 Å². The third-order valence-electron chi connectivity index (χ3n) is 4.78. The first kappa shape index (κ1) is 16.8. The van der Waals surface area contributed by atoms with E-state index in [-0.39, 0.29) is 23.7 Å². The minimum atomic E-state index is -1.02. The molecule has 0 aromatic heterocycles. The lowest BCUT2D eigenvalue weighted by Crippen LogP contribution is -2.43. The molecular weight excluding hydrogens is 318 g/mol. The molecule has 1 aromatic rings. The summed E-state index contributed by atoms with van der Waals surface area (Å²) in [4.78, 5) is 26.1. The Hall–Kier alpha value is -2.02. The van der Waals surface area contributed by atoms with Crippen LogP contribution in [0, 0.1) is 17.6 Å². The van der Waals surface area contributed by atoms with Crippen molar-refractivity contribution in [3.8, 4) is 0 Å². The molecule has 2 amide bonds. The smallest absolute Gasteiger partial charge is 0.239 e. The Kier molecular flexibility index (Phi) is 4.80. The molecule has 1 aromatic carbocycles. The van der Waals surface area contributed by atoms with Crippen molar-refractivity contribution in [3.63, 3.8) is 0 Å². The second-order valence-electron chi connectivity index (χ2n) is 6.44. The van der Waals surface area contributed by atoms with E-state index in [1.165, 1.54) is 11.0 Å². The lowest BCUT2D eigenvalue weighted by molar-refractivity contribution is -0.132. The lowest BCUT2D eigenvalue weighted by Gasteiger charge is -2.27. The lowest BCUT2D eigenvalue weighted by atomic mass is 9.92. The Morgan fingerprint density at radius 2 is 1.83 bits per heavy atom. The first-order valence-electron chi connectivity index (χ1n) is 8.20. The van der Waals surface area contributed by atoms with E-state index in [1.807, 2.05) is 0 Å². The van der Waals surface area contributed by atoms with Crippen LogP contribution in [-0.2, 0) is 9.59 Å². The minimum absolute atomic E-state index is 0.0222. The summed E-state index contributed by atoms with van der Waals surface area (Å²) in [5.41, 5.74) is 0.259. The summed E-state index contributed by atoms with van der Waals surface area (Å²) in [6, 6.07) is 3.25. The van der Waals surface area contributed by atoms with Crippen molar-refractivity contribution in [2.75, 3.05) is 11.4 Å². The maximum atomic E-state index is 13.3. The number of nitrogens with one attached hydrogen (secondary N) is 1. The molecule has 1 saturated carbocycles. The van der Waals surface area contributed by atoms with Gasteiger partial charge in [0.25, 0.3) is 0 Å². The van der Waals surface area contributed by atoms with E-state index in [2.05, 4.69) is 5.32 Å². The fourth-order valence-corrected chi connectivity index (χ4v) is 3.35. The number of hydrogen-bond donors (Lipinski definition) is 2. The quantitative estimate of drug-likeness (QED) is 0.825. The monoisotopic (exact) mass is 338 g/mol. The highest BCUT2D eigenvalue weighted by Crippen LogP contribution is 2.27. The SMILES string of the molecule is O=C(NC1CCC(O)CC1)C1CCN(c2ccc(F)c(F)c2)C1=O. The predicted molar refractivity (Wildman–Crippen MR) is 83.2 cm³/mol. The number of halogens is 2. The molecule has 0 bridgehead atoms. The van der Waals surface area contributed by atoms with Crippen LogP contribution in [0.3, 0.4) is 0 Å². The van der Waals surface area contributed by atoms with Gasteiger partial charge in [0, 0.05) is 24.3 Å². The van der Waals surface area contributed by atoms with Crippen LogP contribution in [0.2, 0.25) is 0 Å². The van der Waals surface area contributed by atoms with Crippen LogP contribution < -0.4 is 10.2 Å². The molecule has 130 valence electrons. The van der Waals surface area contributed by atoms with Gasteiger partial charge in [-0.15, -0.1) is 0 Å². The summed E-state index contributed by atoms with van der Waals surface area (Å²) < 4.78 is 26.4.